The van der Waals surface area contributed by atoms with Crippen molar-refractivity contribution in [2.45, 2.75) is 0 Å². The van der Waals surface area contributed by atoms with Crippen molar-refractivity contribution >= 4 is 32.7 Å². The molecule has 0 spiro atoms. The van der Waals surface area contributed by atoms with Crippen LogP contribution in [0.25, 0.3) is 11.0 Å². The lowest BCUT2D eigenvalue weighted by atomic mass is 10.2. The Morgan fingerprint density at radius 3 is 2.63 bits per heavy atom. The van der Waals surface area contributed by atoms with Crippen LogP contribution >= 0.6 is 15.9 Å². The number of aromatic nitrogens is 2. The lowest BCUT2D eigenvalue weighted by Crippen LogP contribution is -1.91. The van der Waals surface area contributed by atoms with Crippen LogP contribution in [0.1, 0.15) is 0 Å². The third-order valence-electron chi connectivity index (χ3n) is 2.52. The molecule has 0 saturated heterocycles. The molecule has 0 radical (unpaired) electrons. The third-order valence-corrected chi connectivity index (χ3v) is 3.14. The molecule has 0 fully saturated rings. The van der Waals surface area contributed by atoms with Crippen molar-refractivity contribution in [3.63, 3.8) is 0 Å². The maximum atomic E-state index is 13.0. The van der Waals surface area contributed by atoms with Gasteiger partial charge in [0.15, 0.2) is 16.8 Å². The summed E-state index contributed by atoms with van der Waals surface area (Å²) in [4.78, 5) is 0. The predicted molar refractivity (Wildman–Crippen MR) is 70.4 cm³/mol. The molecule has 0 atom stereocenters. The van der Waals surface area contributed by atoms with Crippen LogP contribution < -0.4 is 10.5 Å². The van der Waals surface area contributed by atoms with Crippen LogP contribution in [-0.4, -0.2) is 10.3 Å². The van der Waals surface area contributed by atoms with Crippen LogP contribution in [0.2, 0.25) is 0 Å². The first-order chi connectivity index (χ1) is 9.15. The first-order valence-corrected chi connectivity index (χ1v) is 6.08. The van der Waals surface area contributed by atoms with Gasteiger partial charge in [0, 0.05) is 0 Å². The maximum Gasteiger partial charge on any atom is 0.179 e. The summed E-state index contributed by atoms with van der Waals surface area (Å²) >= 11 is 3.22. The molecule has 1 heterocycles. The molecule has 3 aromatic rings. The van der Waals surface area contributed by atoms with Crippen molar-refractivity contribution in [1.29, 1.82) is 0 Å². The predicted octanol–water partition coefficient (Wildman–Crippen LogP) is 3.50. The largest absolute Gasteiger partial charge is 0.454 e. The van der Waals surface area contributed by atoms with Crippen LogP contribution in [0, 0.1) is 5.82 Å². The Hall–Kier alpha value is -2.15. The molecule has 0 saturated carbocycles. The number of ether oxygens (including phenoxy) is 1. The van der Waals surface area contributed by atoms with E-state index >= 15 is 0 Å². The Balaban J connectivity index is 2.06. The van der Waals surface area contributed by atoms with E-state index in [-0.39, 0.29) is 5.82 Å². The number of anilines is 1. The minimum Gasteiger partial charge on any atom is -0.454 e. The number of hydrogen-bond acceptors (Lipinski definition) is 5. The highest BCUT2D eigenvalue weighted by molar-refractivity contribution is 9.10. The third kappa shape index (κ3) is 2.12. The Labute approximate surface area is 115 Å². The van der Waals surface area contributed by atoms with E-state index < -0.39 is 0 Å². The summed E-state index contributed by atoms with van der Waals surface area (Å²) in [5, 5.41) is 7.44. The topological polar surface area (TPSA) is 74.2 Å². The second kappa shape index (κ2) is 4.51. The van der Waals surface area contributed by atoms with Gasteiger partial charge in [0.2, 0.25) is 0 Å². The fourth-order valence-electron chi connectivity index (χ4n) is 1.62. The van der Waals surface area contributed by atoms with Gasteiger partial charge < -0.3 is 10.5 Å². The van der Waals surface area contributed by atoms with Crippen molar-refractivity contribution in [1.82, 2.24) is 10.3 Å². The Kier molecular flexibility index (Phi) is 2.83. The van der Waals surface area contributed by atoms with Crippen LogP contribution in [-0.2, 0) is 0 Å². The molecule has 0 aliphatic carbocycles. The molecule has 3 rings (SSSR count). The summed E-state index contributed by atoms with van der Waals surface area (Å²) < 4.78 is 23.8. The number of hydrogen-bond donors (Lipinski definition) is 1. The zero-order valence-corrected chi connectivity index (χ0v) is 11.0. The first-order valence-electron chi connectivity index (χ1n) is 5.29. The molecule has 0 aliphatic heterocycles. The SMILES string of the molecule is Nc1ccc(Oc2ccc(F)cc2Br)c2nonc12. The molecule has 0 unspecified atom stereocenters. The molecule has 7 heteroatoms. The van der Waals surface area contributed by atoms with Gasteiger partial charge in [-0.15, -0.1) is 0 Å². The van der Waals surface area contributed by atoms with Gasteiger partial charge in [-0.3, -0.25) is 0 Å². The van der Waals surface area contributed by atoms with E-state index in [0.29, 0.717) is 32.7 Å². The average molecular weight is 324 g/mol. The number of halogens is 2. The van der Waals surface area contributed by atoms with E-state index in [1.54, 1.807) is 12.1 Å². The van der Waals surface area contributed by atoms with Crippen LogP contribution in [0.5, 0.6) is 11.5 Å². The van der Waals surface area contributed by atoms with Crippen molar-refractivity contribution in [2.24, 2.45) is 0 Å². The molecule has 2 N–H and O–H groups in total. The van der Waals surface area contributed by atoms with Gasteiger partial charge in [0.25, 0.3) is 0 Å². The molecule has 0 amide bonds. The van der Waals surface area contributed by atoms with E-state index in [9.17, 15) is 4.39 Å². The average Bonchev–Trinajstić information content (AvgIpc) is 2.86. The van der Waals surface area contributed by atoms with Gasteiger partial charge in [-0.05, 0) is 56.6 Å². The fourth-order valence-corrected chi connectivity index (χ4v) is 2.05. The Bertz CT molecular complexity index is 760. The number of nitrogens with zero attached hydrogens (tertiary/aromatic N) is 2. The first kappa shape index (κ1) is 11.9. The van der Waals surface area contributed by atoms with Gasteiger partial charge in [0.05, 0.1) is 10.2 Å². The quantitative estimate of drug-likeness (QED) is 0.730. The highest BCUT2D eigenvalue weighted by Gasteiger charge is 2.13. The normalized spacial score (nSPS) is 10.8. The van der Waals surface area contributed by atoms with Crippen LogP contribution in [0.3, 0.4) is 0 Å². The van der Waals surface area contributed by atoms with E-state index in [1.165, 1.54) is 18.2 Å². The molecular weight excluding hydrogens is 317 g/mol. The molecule has 0 bridgehead atoms. The summed E-state index contributed by atoms with van der Waals surface area (Å²) in [5.74, 6) is 0.526. The van der Waals surface area contributed by atoms with Gasteiger partial charge in [0.1, 0.15) is 11.6 Å². The number of nitrogens with two attached hydrogens (primary N) is 1. The number of nitrogen functional groups attached to an aromatic ring is 1. The van der Waals surface area contributed by atoms with Crippen molar-refractivity contribution in [3.8, 4) is 11.5 Å². The van der Waals surface area contributed by atoms with Crippen LogP contribution in [0.4, 0.5) is 10.1 Å². The lowest BCUT2D eigenvalue weighted by molar-refractivity contribution is 0.314. The smallest absolute Gasteiger partial charge is 0.179 e. The molecule has 1 aromatic heterocycles. The van der Waals surface area contributed by atoms with Crippen molar-refractivity contribution < 1.29 is 13.8 Å². The molecular formula is C12H7BrFN3O2. The molecule has 2 aromatic carbocycles. The summed E-state index contributed by atoms with van der Waals surface area (Å²) in [6.07, 6.45) is 0. The molecule has 19 heavy (non-hydrogen) atoms. The van der Waals surface area contributed by atoms with Crippen molar-refractivity contribution in [2.75, 3.05) is 5.73 Å². The van der Waals surface area contributed by atoms with Crippen LogP contribution in [0.15, 0.2) is 39.4 Å². The Morgan fingerprint density at radius 2 is 1.84 bits per heavy atom. The van der Waals surface area contributed by atoms with E-state index in [0.717, 1.165) is 0 Å². The van der Waals surface area contributed by atoms with Crippen molar-refractivity contribution in [3.05, 3.63) is 40.6 Å². The maximum absolute atomic E-state index is 13.0. The number of rotatable bonds is 2. The summed E-state index contributed by atoms with van der Waals surface area (Å²) in [6, 6.07) is 7.41. The molecule has 5 nitrogen and oxygen atoms in total. The van der Waals surface area contributed by atoms with E-state index in [1.807, 2.05) is 0 Å². The highest BCUT2D eigenvalue weighted by atomic mass is 79.9. The fraction of sp³-hybridized carbons (Fsp3) is 0. The zero-order chi connectivity index (χ0) is 13.4. The second-order valence-electron chi connectivity index (χ2n) is 3.79. The zero-order valence-electron chi connectivity index (χ0n) is 9.43. The van der Waals surface area contributed by atoms with Gasteiger partial charge >= 0.3 is 0 Å². The number of fused-ring (bicyclic) bond motifs is 1. The number of benzene rings is 2. The van der Waals surface area contributed by atoms with Gasteiger partial charge in [-0.2, -0.15) is 0 Å². The highest BCUT2D eigenvalue weighted by Crippen LogP contribution is 2.34. The standard InChI is InChI=1S/C12H7BrFN3O2/c13-7-5-6(14)1-3-9(7)18-10-4-2-8(15)11-12(10)17-19-16-11/h1-5H,15H2. The minimum absolute atomic E-state index is 0.357. The summed E-state index contributed by atoms with van der Waals surface area (Å²) in [7, 11) is 0. The van der Waals surface area contributed by atoms with E-state index in [4.69, 9.17) is 10.5 Å². The molecule has 96 valence electrons. The Morgan fingerprint density at radius 1 is 1.11 bits per heavy atom. The summed E-state index contributed by atoms with van der Waals surface area (Å²) in [6.45, 7) is 0. The van der Waals surface area contributed by atoms with Gasteiger partial charge in [-0.25, -0.2) is 9.02 Å². The van der Waals surface area contributed by atoms with E-state index in [2.05, 4.69) is 30.9 Å². The minimum atomic E-state index is -0.357. The summed E-state index contributed by atoms with van der Waals surface area (Å²) in [5.41, 5.74) is 7.02. The second-order valence-corrected chi connectivity index (χ2v) is 4.65. The van der Waals surface area contributed by atoms with Gasteiger partial charge in [-0.1, -0.05) is 0 Å². The lowest BCUT2D eigenvalue weighted by Gasteiger charge is -2.08. The monoisotopic (exact) mass is 323 g/mol. The molecule has 0 aliphatic rings.